The Morgan fingerprint density at radius 1 is 1.20 bits per heavy atom. The lowest BCUT2D eigenvalue weighted by Gasteiger charge is -2.19. The van der Waals surface area contributed by atoms with Gasteiger partial charge >= 0.3 is 5.97 Å². The lowest BCUT2D eigenvalue weighted by Crippen LogP contribution is -2.04. The molecule has 100 valence electrons. The van der Waals surface area contributed by atoms with Gasteiger partial charge in [0.2, 0.25) is 0 Å². The molecule has 0 atom stereocenters. The van der Waals surface area contributed by atoms with E-state index < -0.39 is 5.97 Å². The van der Waals surface area contributed by atoms with Gasteiger partial charge in [-0.25, -0.2) is 4.79 Å². The van der Waals surface area contributed by atoms with Crippen LogP contribution in [0.4, 0.5) is 0 Å². The molecule has 2 aromatic rings. The summed E-state index contributed by atoms with van der Waals surface area (Å²) in [5, 5.41) is 8.99. The van der Waals surface area contributed by atoms with Gasteiger partial charge in [0.05, 0.1) is 0 Å². The number of fused-ring (bicyclic) bond motifs is 1. The highest BCUT2D eigenvalue weighted by Gasteiger charge is 2.16. The highest BCUT2D eigenvalue weighted by molar-refractivity contribution is 5.91. The zero-order valence-corrected chi connectivity index (χ0v) is 11.0. The Balaban J connectivity index is 2.09. The van der Waals surface area contributed by atoms with E-state index in [0.29, 0.717) is 0 Å². The van der Waals surface area contributed by atoms with Gasteiger partial charge in [-0.2, -0.15) is 0 Å². The highest BCUT2D eigenvalue weighted by Crippen LogP contribution is 2.33. The molecule has 0 radical (unpaired) electrons. The van der Waals surface area contributed by atoms with Crippen LogP contribution < -0.4 is 0 Å². The SMILES string of the molecule is O=C(O)/C=C1\CCCc2ccc(-c3cccnc3)cc21. The van der Waals surface area contributed by atoms with Crippen molar-refractivity contribution < 1.29 is 9.90 Å². The zero-order chi connectivity index (χ0) is 13.9. The van der Waals surface area contributed by atoms with Gasteiger partial charge in [-0.15, -0.1) is 0 Å². The largest absolute Gasteiger partial charge is 0.478 e. The van der Waals surface area contributed by atoms with Crippen molar-refractivity contribution in [1.29, 1.82) is 0 Å². The minimum Gasteiger partial charge on any atom is -0.478 e. The minimum atomic E-state index is -0.875. The van der Waals surface area contributed by atoms with Crippen molar-refractivity contribution >= 4 is 11.5 Å². The second kappa shape index (κ2) is 5.29. The monoisotopic (exact) mass is 265 g/mol. The van der Waals surface area contributed by atoms with Crippen molar-refractivity contribution in [2.75, 3.05) is 0 Å². The molecule has 1 N–H and O–H groups in total. The fraction of sp³-hybridized carbons (Fsp3) is 0.176. The molecule has 1 aromatic carbocycles. The number of hydrogen-bond donors (Lipinski definition) is 1. The molecular formula is C17H15NO2. The predicted octanol–water partition coefficient (Wildman–Crippen LogP) is 3.55. The van der Waals surface area contributed by atoms with E-state index in [1.54, 1.807) is 6.20 Å². The van der Waals surface area contributed by atoms with Gasteiger partial charge in [-0.05, 0) is 53.7 Å². The number of carboxylic acid groups (broad SMARTS) is 1. The average molecular weight is 265 g/mol. The topological polar surface area (TPSA) is 50.2 Å². The van der Waals surface area contributed by atoms with Crippen LogP contribution in [-0.4, -0.2) is 16.1 Å². The number of hydrogen-bond acceptors (Lipinski definition) is 2. The standard InChI is InChI=1S/C17H15NO2/c19-17(20)10-14-4-1-3-12-6-7-13(9-16(12)14)15-5-2-8-18-11-15/h2,5-11H,1,3-4H2,(H,19,20)/b14-10+. The maximum Gasteiger partial charge on any atom is 0.328 e. The van der Waals surface area contributed by atoms with Crippen molar-refractivity contribution in [2.45, 2.75) is 19.3 Å². The molecule has 20 heavy (non-hydrogen) atoms. The Morgan fingerprint density at radius 2 is 2.10 bits per heavy atom. The van der Waals surface area contributed by atoms with Crippen LogP contribution in [0.3, 0.4) is 0 Å². The second-order valence-corrected chi connectivity index (χ2v) is 4.97. The van der Waals surface area contributed by atoms with Crippen molar-refractivity contribution in [3.63, 3.8) is 0 Å². The minimum absolute atomic E-state index is 0.829. The van der Waals surface area contributed by atoms with Crippen molar-refractivity contribution in [3.05, 3.63) is 59.9 Å². The van der Waals surface area contributed by atoms with Crippen LogP contribution in [0.5, 0.6) is 0 Å². The molecule has 0 amide bonds. The van der Waals surface area contributed by atoms with E-state index in [-0.39, 0.29) is 0 Å². The summed E-state index contributed by atoms with van der Waals surface area (Å²) in [5.74, 6) is -0.875. The van der Waals surface area contributed by atoms with Crippen LogP contribution in [-0.2, 0) is 11.2 Å². The van der Waals surface area contributed by atoms with Crippen molar-refractivity contribution in [1.82, 2.24) is 4.98 Å². The van der Waals surface area contributed by atoms with Crippen LogP contribution in [0.15, 0.2) is 48.8 Å². The van der Waals surface area contributed by atoms with E-state index in [9.17, 15) is 4.79 Å². The molecular weight excluding hydrogens is 250 g/mol. The van der Waals surface area contributed by atoms with Crippen LogP contribution in [0, 0.1) is 0 Å². The first kappa shape index (κ1) is 12.6. The number of aliphatic carboxylic acids is 1. The molecule has 1 aliphatic carbocycles. The number of aryl methyl sites for hydroxylation is 1. The van der Waals surface area contributed by atoms with Gasteiger partial charge in [0.15, 0.2) is 0 Å². The predicted molar refractivity (Wildman–Crippen MR) is 78.2 cm³/mol. The molecule has 0 aliphatic heterocycles. The van der Waals surface area contributed by atoms with E-state index in [2.05, 4.69) is 23.2 Å². The molecule has 3 nitrogen and oxygen atoms in total. The molecule has 0 saturated carbocycles. The number of aromatic nitrogens is 1. The third-order valence-corrected chi connectivity index (χ3v) is 3.64. The lowest BCUT2D eigenvalue weighted by atomic mass is 9.85. The third kappa shape index (κ3) is 2.48. The summed E-state index contributed by atoms with van der Waals surface area (Å²) >= 11 is 0. The van der Waals surface area contributed by atoms with Gasteiger partial charge in [0, 0.05) is 24.0 Å². The molecule has 0 spiro atoms. The zero-order valence-electron chi connectivity index (χ0n) is 11.0. The number of nitrogens with zero attached hydrogens (tertiary/aromatic N) is 1. The summed E-state index contributed by atoms with van der Waals surface area (Å²) in [6, 6.07) is 10.2. The van der Waals surface area contributed by atoms with Gasteiger partial charge < -0.3 is 5.11 Å². The maximum atomic E-state index is 10.9. The fourth-order valence-electron chi connectivity index (χ4n) is 2.71. The summed E-state index contributed by atoms with van der Waals surface area (Å²) in [7, 11) is 0. The van der Waals surface area contributed by atoms with E-state index in [4.69, 9.17) is 5.11 Å². The summed E-state index contributed by atoms with van der Waals surface area (Å²) in [5.41, 5.74) is 5.35. The van der Waals surface area contributed by atoms with E-state index in [1.807, 2.05) is 18.3 Å². The number of pyridine rings is 1. The van der Waals surface area contributed by atoms with Gasteiger partial charge in [0.25, 0.3) is 0 Å². The van der Waals surface area contributed by atoms with Crippen molar-refractivity contribution in [3.8, 4) is 11.1 Å². The summed E-state index contributed by atoms with van der Waals surface area (Å²) in [6.45, 7) is 0. The average Bonchev–Trinajstić information content (AvgIpc) is 2.47. The molecule has 1 heterocycles. The Labute approximate surface area is 117 Å². The Bertz CT molecular complexity index is 675. The number of carbonyl (C=O) groups is 1. The van der Waals surface area contributed by atoms with Crippen LogP contribution >= 0.6 is 0 Å². The van der Waals surface area contributed by atoms with Crippen LogP contribution in [0.2, 0.25) is 0 Å². The summed E-state index contributed by atoms with van der Waals surface area (Å²) < 4.78 is 0. The Kier molecular flexibility index (Phi) is 3.33. The number of rotatable bonds is 2. The molecule has 3 rings (SSSR count). The summed E-state index contributed by atoms with van der Waals surface area (Å²) in [4.78, 5) is 15.1. The second-order valence-electron chi connectivity index (χ2n) is 4.97. The smallest absolute Gasteiger partial charge is 0.328 e. The normalized spacial score (nSPS) is 15.9. The van der Waals surface area contributed by atoms with Crippen LogP contribution in [0.1, 0.15) is 24.0 Å². The van der Waals surface area contributed by atoms with Crippen LogP contribution in [0.25, 0.3) is 16.7 Å². The molecule has 0 fully saturated rings. The lowest BCUT2D eigenvalue weighted by molar-refractivity contribution is -0.131. The molecule has 0 saturated heterocycles. The summed E-state index contributed by atoms with van der Waals surface area (Å²) in [6.07, 6.45) is 7.77. The molecule has 3 heteroatoms. The van der Waals surface area contributed by atoms with E-state index >= 15 is 0 Å². The number of carboxylic acids is 1. The van der Waals surface area contributed by atoms with Crippen molar-refractivity contribution in [2.24, 2.45) is 0 Å². The first-order valence-corrected chi connectivity index (χ1v) is 6.71. The Hall–Kier alpha value is -2.42. The third-order valence-electron chi connectivity index (χ3n) is 3.64. The molecule has 0 bridgehead atoms. The fourth-order valence-corrected chi connectivity index (χ4v) is 2.71. The first-order chi connectivity index (χ1) is 9.74. The maximum absolute atomic E-state index is 10.9. The Morgan fingerprint density at radius 3 is 2.85 bits per heavy atom. The molecule has 1 aliphatic rings. The van der Waals surface area contributed by atoms with Gasteiger partial charge in [0.1, 0.15) is 0 Å². The quantitative estimate of drug-likeness (QED) is 0.845. The van der Waals surface area contributed by atoms with Gasteiger partial charge in [-0.3, -0.25) is 4.98 Å². The number of allylic oxidation sites excluding steroid dienone is 1. The molecule has 0 unspecified atom stereocenters. The van der Waals surface area contributed by atoms with Gasteiger partial charge in [-0.1, -0.05) is 18.2 Å². The highest BCUT2D eigenvalue weighted by atomic mass is 16.4. The van der Waals surface area contributed by atoms with E-state index in [1.165, 1.54) is 11.6 Å². The van der Waals surface area contributed by atoms with E-state index in [0.717, 1.165) is 41.5 Å². The molecule has 1 aromatic heterocycles. The first-order valence-electron chi connectivity index (χ1n) is 6.71. The number of benzene rings is 1.